The minimum absolute atomic E-state index is 0.0303. The van der Waals surface area contributed by atoms with Crippen LogP contribution in [0.3, 0.4) is 0 Å². The van der Waals surface area contributed by atoms with E-state index in [2.05, 4.69) is 10.3 Å². The number of nitrogens with one attached hydrogen (secondary N) is 1. The predicted octanol–water partition coefficient (Wildman–Crippen LogP) is 0.956. The van der Waals surface area contributed by atoms with E-state index in [1.165, 1.54) is 0 Å². The van der Waals surface area contributed by atoms with E-state index in [9.17, 15) is 9.59 Å². The molecule has 5 nitrogen and oxygen atoms in total. The quantitative estimate of drug-likeness (QED) is 0.881. The van der Waals surface area contributed by atoms with E-state index in [-0.39, 0.29) is 17.7 Å². The van der Waals surface area contributed by atoms with Crippen LogP contribution in [0.25, 0.3) is 0 Å². The van der Waals surface area contributed by atoms with Crippen LogP contribution in [0.15, 0.2) is 24.5 Å². The molecule has 1 atom stereocenters. The van der Waals surface area contributed by atoms with E-state index in [1.54, 1.807) is 24.2 Å². The first-order chi connectivity index (χ1) is 9.16. The molecule has 0 bridgehead atoms. The van der Waals surface area contributed by atoms with Crippen LogP contribution in [-0.2, 0) is 16.1 Å². The van der Waals surface area contributed by atoms with E-state index in [0.29, 0.717) is 13.1 Å². The summed E-state index contributed by atoms with van der Waals surface area (Å²) in [6, 6.07) is 3.76. The minimum Gasteiger partial charge on any atom is -0.352 e. The van der Waals surface area contributed by atoms with Gasteiger partial charge in [-0.05, 0) is 30.5 Å². The van der Waals surface area contributed by atoms with Gasteiger partial charge in [-0.3, -0.25) is 14.6 Å². The molecule has 0 aliphatic carbocycles. The Balaban J connectivity index is 1.84. The Morgan fingerprint density at radius 3 is 2.84 bits per heavy atom. The fraction of sp³-hybridized carbons (Fsp3) is 0.500. The molecule has 0 radical (unpaired) electrons. The van der Waals surface area contributed by atoms with E-state index in [1.807, 2.05) is 12.1 Å². The number of likely N-dealkylation sites (tertiary alicyclic amines) is 1. The molecule has 2 rings (SSSR count). The first-order valence-electron chi connectivity index (χ1n) is 6.59. The summed E-state index contributed by atoms with van der Waals surface area (Å²) in [5, 5.41) is 2.92. The Bertz CT molecular complexity index is 447. The zero-order valence-electron chi connectivity index (χ0n) is 11.1. The standard InChI is InChI=1S/C14H19N3O2/c1-11(18)17-8-2-3-13(10-17)14(19)16-9-12-4-6-15-7-5-12/h4-7,13H,2-3,8-10H2,1H3,(H,16,19). The molecule has 1 unspecified atom stereocenters. The van der Waals surface area contributed by atoms with Crippen molar-refractivity contribution in [3.8, 4) is 0 Å². The maximum Gasteiger partial charge on any atom is 0.225 e. The van der Waals surface area contributed by atoms with Crippen molar-refractivity contribution in [1.82, 2.24) is 15.2 Å². The first-order valence-corrected chi connectivity index (χ1v) is 6.59. The number of aromatic nitrogens is 1. The highest BCUT2D eigenvalue weighted by molar-refractivity contribution is 5.80. The molecule has 2 amide bonds. The summed E-state index contributed by atoms with van der Waals surface area (Å²) < 4.78 is 0. The molecule has 19 heavy (non-hydrogen) atoms. The molecule has 5 heteroatoms. The Morgan fingerprint density at radius 1 is 1.42 bits per heavy atom. The number of carbonyl (C=O) groups is 2. The normalized spacial score (nSPS) is 19.0. The van der Waals surface area contributed by atoms with Crippen molar-refractivity contribution in [2.45, 2.75) is 26.3 Å². The third-order valence-corrected chi connectivity index (χ3v) is 3.45. The second-order valence-electron chi connectivity index (χ2n) is 4.88. The molecule has 0 saturated carbocycles. The summed E-state index contributed by atoms with van der Waals surface area (Å²) in [4.78, 5) is 29.1. The van der Waals surface area contributed by atoms with Gasteiger partial charge in [0, 0.05) is 39.0 Å². The second kappa shape index (κ2) is 6.31. The van der Waals surface area contributed by atoms with Gasteiger partial charge in [0.15, 0.2) is 0 Å². The molecule has 0 spiro atoms. The SMILES string of the molecule is CC(=O)N1CCCC(C(=O)NCc2ccncc2)C1. The third-order valence-electron chi connectivity index (χ3n) is 3.45. The molecular weight excluding hydrogens is 242 g/mol. The lowest BCUT2D eigenvalue weighted by Gasteiger charge is -2.31. The second-order valence-corrected chi connectivity index (χ2v) is 4.88. The average Bonchev–Trinajstić information content (AvgIpc) is 2.46. The molecular formula is C14H19N3O2. The molecule has 1 aromatic heterocycles. The van der Waals surface area contributed by atoms with Gasteiger partial charge in [0.25, 0.3) is 0 Å². The summed E-state index contributed by atoms with van der Waals surface area (Å²) in [5.41, 5.74) is 1.03. The Morgan fingerprint density at radius 2 is 2.16 bits per heavy atom. The number of hydrogen-bond donors (Lipinski definition) is 1. The van der Waals surface area contributed by atoms with Gasteiger partial charge in [-0.1, -0.05) is 0 Å². The van der Waals surface area contributed by atoms with Crippen LogP contribution in [0.2, 0.25) is 0 Å². The highest BCUT2D eigenvalue weighted by Gasteiger charge is 2.26. The maximum absolute atomic E-state index is 12.1. The van der Waals surface area contributed by atoms with Crippen molar-refractivity contribution < 1.29 is 9.59 Å². The lowest BCUT2D eigenvalue weighted by molar-refractivity contribution is -0.134. The van der Waals surface area contributed by atoms with Crippen LogP contribution in [0.1, 0.15) is 25.3 Å². The van der Waals surface area contributed by atoms with Gasteiger partial charge in [-0.2, -0.15) is 0 Å². The van der Waals surface area contributed by atoms with Gasteiger partial charge in [0.05, 0.1) is 5.92 Å². The maximum atomic E-state index is 12.1. The van der Waals surface area contributed by atoms with Gasteiger partial charge in [-0.25, -0.2) is 0 Å². The van der Waals surface area contributed by atoms with Crippen molar-refractivity contribution >= 4 is 11.8 Å². The third kappa shape index (κ3) is 3.77. The molecule has 1 saturated heterocycles. The largest absolute Gasteiger partial charge is 0.352 e. The van der Waals surface area contributed by atoms with E-state index >= 15 is 0 Å². The van der Waals surface area contributed by atoms with Gasteiger partial charge in [-0.15, -0.1) is 0 Å². The van der Waals surface area contributed by atoms with E-state index < -0.39 is 0 Å². The van der Waals surface area contributed by atoms with Gasteiger partial charge < -0.3 is 10.2 Å². The highest BCUT2D eigenvalue weighted by atomic mass is 16.2. The van der Waals surface area contributed by atoms with Crippen LogP contribution in [0.5, 0.6) is 0 Å². The number of nitrogens with zero attached hydrogens (tertiary/aromatic N) is 2. The van der Waals surface area contributed by atoms with Crippen molar-refractivity contribution in [3.63, 3.8) is 0 Å². The Labute approximate surface area is 113 Å². The molecule has 1 aromatic rings. The Hall–Kier alpha value is -1.91. The molecule has 1 aliphatic heterocycles. The summed E-state index contributed by atoms with van der Waals surface area (Å²) >= 11 is 0. The van der Waals surface area contributed by atoms with Crippen LogP contribution in [0.4, 0.5) is 0 Å². The zero-order valence-corrected chi connectivity index (χ0v) is 11.1. The first kappa shape index (κ1) is 13.5. The number of piperidine rings is 1. The van der Waals surface area contributed by atoms with Crippen LogP contribution in [0, 0.1) is 5.92 Å². The highest BCUT2D eigenvalue weighted by Crippen LogP contribution is 2.16. The van der Waals surface area contributed by atoms with Crippen molar-refractivity contribution in [3.05, 3.63) is 30.1 Å². The average molecular weight is 261 g/mol. The van der Waals surface area contributed by atoms with Crippen LogP contribution >= 0.6 is 0 Å². The lowest BCUT2D eigenvalue weighted by atomic mass is 9.97. The molecule has 1 aliphatic rings. The van der Waals surface area contributed by atoms with E-state index in [0.717, 1.165) is 24.9 Å². The van der Waals surface area contributed by atoms with Crippen molar-refractivity contribution in [1.29, 1.82) is 0 Å². The van der Waals surface area contributed by atoms with Crippen LogP contribution in [-0.4, -0.2) is 34.8 Å². The number of hydrogen-bond acceptors (Lipinski definition) is 3. The molecule has 102 valence electrons. The number of amides is 2. The minimum atomic E-state index is -0.0838. The van der Waals surface area contributed by atoms with E-state index in [4.69, 9.17) is 0 Å². The molecule has 1 fully saturated rings. The molecule has 2 heterocycles. The summed E-state index contributed by atoms with van der Waals surface area (Å²) in [6.45, 7) is 3.37. The number of pyridine rings is 1. The van der Waals surface area contributed by atoms with Crippen molar-refractivity contribution in [2.75, 3.05) is 13.1 Å². The molecule has 1 N–H and O–H groups in total. The molecule has 0 aromatic carbocycles. The summed E-state index contributed by atoms with van der Waals surface area (Å²) in [5.74, 6) is -0.00566. The van der Waals surface area contributed by atoms with Crippen molar-refractivity contribution in [2.24, 2.45) is 5.92 Å². The zero-order chi connectivity index (χ0) is 13.7. The fourth-order valence-electron chi connectivity index (χ4n) is 2.31. The fourth-order valence-corrected chi connectivity index (χ4v) is 2.31. The number of carbonyl (C=O) groups excluding carboxylic acids is 2. The monoisotopic (exact) mass is 261 g/mol. The smallest absolute Gasteiger partial charge is 0.225 e. The van der Waals surface area contributed by atoms with Gasteiger partial charge in [0.2, 0.25) is 11.8 Å². The Kier molecular flexibility index (Phi) is 4.49. The number of rotatable bonds is 3. The summed E-state index contributed by atoms with van der Waals surface area (Å²) in [7, 11) is 0. The van der Waals surface area contributed by atoms with Crippen LogP contribution < -0.4 is 5.32 Å². The topological polar surface area (TPSA) is 62.3 Å². The van der Waals surface area contributed by atoms with Gasteiger partial charge in [0.1, 0.15) is 0 Å². The predicted molar refractivity (Wildman–Crippen MR) is 71.1 cm³/mol. The van der Waals surface area contributed by atoms with Gasteiger partial charge >= 0.3 is 0 Å². The summed E-state index contributed by atoms with van der Waals surface area (Å²) in [6.07, 6.45) is 5.16. The lowest BCUT2D eigenvalue weighted by Crippen LogP contribution is -2.44.